The van der Waals surface area contributed by atoms with Crippen molar-refractivity contribution in [2.24, 2.45) is 0 Å². The van der Waals surface area contributed by atoms with E-state index >= 15 is 0 Å². The molecule has 2 rings (SSSR count). The van der Waals surface area contributed by atoms with Gasteiger partial charge in [0.25, 0.3) is 0 Å². The highest BCUT2D eigenvalue weighted by Crippen LogP contribution is 2.29. The second-order valence-corrected chi connectivity index (χ2v) is 5.53. The molecule has 1 heterocycles. The summed E-state index contributed by atoms with van der Waals surface area (Å²) in [6, 6.07) is 9.20. The lowest BCUT2D eigenvalue weighted by Crippen LogP contribution is -2.08. The number of hydrogen-bond donors (Lipinski definition) is 1. The fourth-order valence-corrected chi connectivity index (χ4v) is 2.61. The lowest BCUT2D eigenvalue weighted by Gasteiger charge is -2.18. The Morgan fingerprint density at radius 2 is 1.84 bits per heavy atom. The lowest BCUT2D eigenvalue weighted by atomic mass is 10.1. The van der Waals surface area contributed by atoms with Crippen molar-refractivity contribution in [3.05, 3.63) is 56.8 Å². The molecule has 0 saturated carbocycles. The van der Waals surface area contributed by atoms with E-state index in [9.17, 15) is 0 Å². The number of halogens is 3. The minimum Gasteiger partial charge on any atom is -0.377 e. The van der Waals surface area contributed by atoms with Gasteiger partial charge in [0, 0.05) is 10.0 Å². The predicted molar refractivity (Wildman–Crippen MR) is 82.5 cm³/mol. The molecule has 0 radical (unpaired) electrons. The summed E-state index contributed by atoms with van der Waals surface area (Å²) in [7, 11) is 0. The minimum atomic E-state index is 0.0476. The number of benzene rings is 1. The van der Waals surface area contributed by atoms with Gasteiger partial charge in [-0.1, -0.05) is 40.9 Å². The Kier molecular flexibility index (Phi) is 4.56. The maximum absolute atomic E-state index is 6.19. The van der Waals surface area contributed by atoms with Gasteiger partial charge in [-0.15, -0.1) is 0 Å². The molecule has 0 aliphatic heterocycles. The Bertz CT molecular complexity index is 599. The molecule has 0 fully saturated rings. The van der Waals surface area contributed by atoms with E-state index in [-0.39, 0.29) is 6.04 Å². The van der Waals surface area contributed by atoms with Crippen molar-refractivity contribution >= 4 is 40.5 Å². The molecule has 1 aromatic heterocycles. The van der Waals surface area contributed by atoms with Crippen LogP contribution in [0, 0.1) is 6.92 Å². The number of rotatable bonds is 3. The van der Waals surface area contributed by atoms with Crippen LogP contribution in [0.15, 0.2) is 30.3 Å². The Labute approximate surface area is 127 Å². The van der Waals surface area contributed by atoms with Gasteiger partial charge >= 0.3 is 0 Å². The van der Waals surface area contributed by atoms with Crippen molar-refractivity contribution < 1.29 is 0 Å². The second-order valence-electron chi connectivity index (χ2n) is 4.30. The molecule has 1 unspecified atom stereocenters. The standard InChI is InChI=1S/C14H13Cl3N2/c1-8(11-4-3-10(15)7-12(11)16)18-13-5-6-14(17)19-9(13)2/h3-8,18H,1-2H3. The van der Waals surface area contributed by atoms with Crippen LogP contribution in [0.2, 0.25) is 15.2 Å². The van der Waals surface area contributed by atoms with Crippen molar-refractivity contribution in [1.29, 1.82) is 0 Å². The monoisotopic (exact) mass is 314 g/mol. The Hall–Kier alpha value is -0.960. The quantitative estimate of drug-likeness (QED) is 0.754. The third-order valence-corrected chi connectivity index (χ3v) is 3.63. The molecular weight excluding hydrogens is 303 g/mol. The number of nitrogens with one attached hydrogen (secondary N) is 1. The molecule has 19 heavy (non-hydrogen) atoms. The van der Waals surface area contributed by atoms with E-state index in [4.69, 9.17) is 34.8 Å². The number of pyridine rings is 1. The average Bonchev–Trinajstić information content (AvgIpc) is 2.32. The van der Waals surface area contributed by atoms with E-state index in [0.29, 0.717) is 15.2 Å². The highest BCUT2D eigenvalue weighted by molar-refractivity contribution is 6.35. The van der Waals surface area contributed by atoms with E-state index < -0.39 is 0 Å². The summed E-state index contributed by atoms with van der Waals surface area (Å²) < 4.78 is 0. The summed E-state index contributed by atoms with van der Waals surface area (Å²) in [5.74, 6) is 0. The first-order valence-electron chi connectivity index (χ1n) is 5.82. The zero-order valence-electron chi connectivity index (χ0n) is 10.5. The van der Waals surface area contributed by atoms with Gasteiger partial charge < -0.3 is 5.32 Å². The van der Waals surface area contributed by atoms with Crippen LogP contribution in [0.1, 0.15) is 24.2 Å². The highest BCUT2D eigenvalue weighted by atomic mass is 35.5. The van der Waals surface area contributed by atoms with E-state index in [2.05, 4.69) is 10.3 Å². The molecule has 0 aliphatic rings. The van der Waals surface area contributed by atoms with Crippen LogP contribution in [0.4, 0.5) is 5.69 Å². The predicted octanol–water partition coefficient (Wildman–Crippen LogP) is 5.52. The maximum Gasteiger partial charge on any atom is 0.129 e. The third-order valence-electron chi connectivity index (χ3n) is 2.85. The number of aromatic nitrogens is 1. The van der Waals surface area contributed by atoms with E-state index in [1.165, 1.54) is 0 Å². The van der Waals surface area contributed by atoms with Crippen LogP contribution in [-0.2, 0) is 0 Å². The molecule has 1 atom stereocenters. The van der Waals surface area contributed by atoms with E-state index in [1.807, 2.05) is 32.0 Å². The fourth-order valence-electron chi connectivity index (χ4n) is 1.85. The minimum absolute atomic E-state index is 0.0476. The first-order valence-corrected chi connectivity index (χ1v) is 6.95. The number of nitrogens with zero attached hydrogens (tertiary/aromatic N) is 1. The summed E-state index contributed by atoms with van der Waals surface area (Å²) in [6.45, 7) is 3.94. The molecule has 1 aromatic carbocycles. The third kappa shape index (κ3) is 3.53. The zero-order valence-corrected chi connectivity index (χ0v) is 12.8. The molecule has 100 valence electrons. The van der Waals surface area contributed by atoms with Crippen LogP contribution in [0.5, 0.6) is 0 Å². The summed E-state index contributed by atoms with van der Waals surface area (Å²) in [5, 5.41) is 5.13. The summed E-state index contributed by atoms with van der Waals surface area (Å²) in [5.41, 5.74) is 2.77. The van der Waals surface area contributed by atoms with E-state index in [0.717, 1.165) is 16.9 Å². The largest absolute Gasteiger partial charge is 0.377 e. The zero-order chi connectivity index (χ0) is 14.0. The van der Waals surface area contributed by atoms with Gasteiger partial charge in [-0.3, -0.25) is 0 Å². The van der Waals surface area contributed by atoms with Crippen molar-refractivity contribution in [3.63, 3.8) is 0 Å². The van der Waals surface area contributed by atoms with Crippen LogP contribution >= 0.6 is 34.8 Å². The van der Waals surface area contributed by atoms with Gasteiger partial charge in [-0.2, -0.15) is 0 Å². The van der Waals surface area contributed by atoms with Crippen molar-refractivity contribution in [3.8, 4) is 0 Å². The average molecular weight is 316 g/mol. The summed E-state index contributed by atoms with van der Waals surface area (Å²) in [6.07, 6.45) is 0. The van der Waals surface area contributed by atoms with E-state index in [1.54, 1.807) is 12.1 Å². The Balaban J connectivity index is 2.23. The Morgan fingerprint density at radius 3 is 2.47 bits per heavy atom. The van der Waals surface area contributed by atoms with Gasteiger partial charge in [0.05, 0.1) is 17.4 Å². The van der Waals surface area contributed by atoms with Crippen LogP contribution < -0.4 is 5.32 Å². The van der Waals surface area contributed by atoms with Gasteiger partial charge in [-0.05, 0) is 43.7 Å². The number of aryl methyl sites for hydroxylation is 1. The summed E-state index contributed by atoms with van der Waals surface area (Å²) in [4.78, 5) is 4.21. The molecule has 5 heteroatoms. The summed E-state index contributed by atoms with van der Waals surface area (Å²) >= 11 is 17.9. The molecular formula is C14H13Cl3N2. The molecule has 2 nitrogen and oxygen atoms in total. The van der Waals surface area contributed by atoms with Crippen LogP contribution in [0.25, 0.3) is 0 Å². The Morgan fingerprint density at radius 1 is 1.11 bits per heavy atom. The molecule has 0 bridgehead atoms. The number of anilines is 1. The van der Waals surface area contributed by atoms with Gasteiger partial charge in [0.15, 0.2) is 0 Å². The maximum atomic E-state index is 6.19. The first-order chi connectivity index (χ1) is 8.97. The van der Waals surface area contributed by atoms with Crippen LogP contribution in [-0.4, -0.2) is 4.98 Å². The van der Waals surface area contributed by atoms with Gasteiger partial charge in [0.2, 0.25) is 0 Å². The highest BCUT2D eigenvalue weighted by Gasteiger charge is 2.11. The molecule has 1 N–H and O–H groups in total. The van der Waals surface area contributed by atoms with Crippen LogP contribution in [0.3, 0.4) is 0 Å². The molecule has 2 aromatic rings. The molecule has 0 spiro atoms. The molecule has 0 aliphatic carbocycles. The van der Waals surface area contributed by atoms with Gasteiger partial charge in [-0.25, -0.2) is 4.98 Å². The fraction of sp³-hybridized carbons (Fsp3) is 0.214. The van der Waals surface area contributed by atoms with Crippen molar-refractivity contribution in [2.75, 3.05) is 5.32 Å². The first kappa shape index (κ1) is 14.4. The van der Waals surface area contributed by atoms with Crippen molar-refractivity contribution in [1.82, 2.24) is 4.98 Å². The number of hydrogen-bond acceptors (Lipinski definition) is 2. The normalized spacial score (nSPS) is 12.3. The lowest BCUT2D eigenvalue weighted by molar-refractivity contribution is 0.879. The smallest absolute Gasteiger partial charge is 0.129 e. The SMILES string of the molecule is Cc1nc(Cl)ccc1NC(C)c1ccc(Cl)cc1Cl. The topological polar surface area (TPSA) is 24.9 Å². The molecule has 0 saturated heterocycles. The van der Waals surface area contributed by atoms with Crippen molar-refractivity contribution in [2.45, 2.75) is 19.9 Å². The molecule has 0 amide bonds. The van der Waals surface area contributed by atoms with Gasteiger partial charge in [0.1, 0.15) is 5.15 Å². The second kappa shape index (κ2) is 6.00.